The van der Waals surface area contributed by atoms with E-state index in [0.717, 1.165) is 17.0 Å². The predicted molar refractivity (Wildman–Crippen MR) is 98.5 cm³/mol. The quantitative estimate of drug-likeness (QED) is 0.784. The highest BCUT2D eigenvalue weighted by Gasteiger charge is 2.18. The minimum absolute atomic E-state index is 0.00820. The molecule has 1 heterocycles. The summed E-state index contributed by atoms with van der Waals surface area (Å²) in [7, 11) is 1.83. The van der Waals surface area contributed by atoms with Gasteiger partial charge in [0.2, 0.25) is 0 Å². The van der Waals surface area contributed by atoms with Gasteiger partial charge in [-0.2, -0.15) is 0 Å². The minimum atomic E-state index is 0.00820. The van der Waals surface area contributed by atoms with Crippen LogP contribution in [0, 0.1) is 6.92 Å². The summed E-state index contributed by atoms with van der Waals surface area (Å²) in [6.07, 6.45) is 2.54. The summed E-state index contributed by atoms with van der Waals surface area (Å²) in [5.41, 5.74) is 2.85. The predicted octanol–water partition coefficient (Wildman–Crippen LogP) is 3.18. The lowest BCUT2D eigenvalue weighted by molar-refractivity contribution is 0.0743. The molecule has 1 N–H and O–H groups in total. The van der Waals surface area contributed by atoms with Gasteiger partial charge in [-0.1, -0.05) is 0 Å². The Bertz CT molecular complexity index is 673. The lowest BCUT2D eigenvalue weighted by Gasteiger charge is -2.25. The summed E-state index contributed by atoms with van der Waals surface area (Å²) in [6, 6.07) is 11.6. The fourth-order valence-corrected chi connectivity index (χ4v) is 3.07. The number of hydrogen-bond acceptors (Lipinski definition) is 4. The number of pyridine rings is 1. The molecule has 1 unspecified atom stereocenters. The molecule has 0 bridgehead atoms. The SMILES string of the molecule is Cc1ccnc(CC(C)N(C)C(=O)c2ccc(SCCO)cc2)c1. The van der Waals surface area contributed by atoms with Crippen LogP contribution in [0.5, 0.6) is 0 Å². The smallest absolute Gasteiger partial charge is 0.253 e. The summed E-state index contributed by atoms with van der Waals surface area (Å²) in [6.45, 7) is 4.23. The zero-order valence-electron chi connectivity index (χ0n) is 14.4. The van der Waals surface area contributed by atoms with Gasteiger partial charge in [-0.25, -0.2) is 0 Å². The second-order valence-corrected chi connectivity index (χ2v) is 7.06. The normalized spacial score (nSPS) is 12.0. The van der Waals surface area contributed by atoms with E-state index in [1.54, 1.807) is 16.7 Å². The number of aryl methyl sites for hydroxylation is 1. The number of hydrogen-bond donors (Lipinski definition) is 1. The van der Waals surface area contributed by atoms with Gasteiger partial charge in [0.15, 0.2) is 0 Å². The number of likely N-dealkylation sites (N-methyl/N-ethyl adjacent to an activating group) is 1. The van der Waals surface area contributed by atoms with Gasteiger partial charge in [-0.3, -0.25) is 9.78 Å². The molecule has 0 saturated heterocycles. The molecular weight excluding hydrogens is 320 g/mol. The van der Waals surface area contributed by atoms with Crippen molar-refractivity contribution < 1.29 is 9.90 Å². The third kappa shape index (κ3) is 5.08. The minimum Gasteiger partial charge on any atom is -0.396 e. The number of carbonyl (C=O) groups excluding carboxylic acids is 1. The Labute approximate surface area is 147 Å². The van der Waals surface area contributed by atoms with Gasteiger partial charge in [0.1, 0.15) is 0 Å². The molecule has 0 aliphatic heterocycles. The number of thioether (sulfide) groups is 1. The molecule has 0 spiro atoms. The maximum atomic E-state index is 12.6. The molecule has 1 aromatic heterocycles. The molecule has 0 aliphatic carbocycles. The Hall–Kier alpha value is -1.85. The number of amides is 1. The van der Waals surface area contributed by atoms with E-state index >= 15 is 0 Å². The average molecular weight is 344 g/mol. The van der Waals surface area contributed by atoms with Crippen LogP contribution in [0.2, 0.25) is 0 Å². The van der Waals surface area contributed by atoms with Crippen molar-refractivity contribution in [2.75, 3.05) is 19.4 Å². The summed E-state index contributed by atoms with van der Waals surface area (Å²) in [5.74, 6) is 0.669. The van der Waals surface area contributed by atoms with E-state index < -0.39 is 0 Å². The zero-order chi connectivity index (χ0) is 17.5. The molecule has 0 aliphatic rings. The summed E-state index contributed by atoms with van der Waals surface area (Å²) < 4.78 is 0. The molecule has 1 amide bonds. The van der Waals surface area contributed by atoms with Gasteiger partial charge in [-0.15, -0.1) is 11.8 Å². The van der Waals surface area contributed by atoms with E-state index in [9.17, 15) is 4.79 Å². The molecule has 1 atom stereocenters. The monoisotopic (exact) mass is 344 g/mol. The number of aromatic nitrogens is 1. The van der Waals surface area contributed by atoms with E-state index in [1.165, 1.54) is 5.56 Å². The fourth-order valence-electron chi connectivity index (χ4n) is 2.41. The molecule has 128 valence electrons. The van der Waals surface area contributed by atoms with Crippen molar-refractivity contribution in [3.05, 3.63) is 59.4 Å². The van der Waals surface area contributed by atoms with Crippen molar-refractivity contribution in [2.45, 2.75) is 31.2 Å². The molecule has 4 nitrogen and oxygen atoms in total. The number of aliphatic hydroxyl groups is 1. The average Bonchev–Trinajstić information content (AvgIpc) is 2.59. The molecule has 1 aromatic carbocycles. The van der Waals surface area contributed by atoms with Crippen LogP contribution in [0.3, 0.4) is 0 Å². The fraction of sp³-hybridized carbons (Fsp3) is 0.368. The van der Waals surface area contributed by atoms with Gasteiger partial charge in [0, 0.05) is 47.6 Å². The van der Waals surface area contributed by atoms with Crippen molar-refractivity contribution in [3.8, 4) is 0 Å². The van der Waals surface area contributed by atoms with E-state index in [-0.39, 0.29) is 18.6 Å². The highest BCUT2D eigenvalue weighted by Crippen LogP contribution is 2.19. The van der Waals surface area contributed by atoms with E-state index in [4.69, 9.17) is 5.11 Å². The molecular formula is C19H24N2O2S. The molecule has 0 fully saturated rings. The summed E-state index contributed by atoms with van der Waals surface area (Å²) in [4.78, 5) is 19.8. The largest absolute Gasteiger partial charge is 0.396 e. The van der Waals surface area contributed by atoms with E-state index in [0.29, 0.717) is 11.3 Å². The molecule has 0 saturated carbocycles. The van der Waals surface area contributed by atoms with Crippen LogP contribution >= 0.6 is 11.8 Å². The molecule has 0 radical (unpaired) electrons. The van der Waals surface area contributed by atoms with E-state index in [2.05, 4.69) is 11.1 Å². The Balaban J connectivity index is 2.00. The van der Waals surface area contributed by atoms with Crippen molar-refractivity contribution in [1.29, 1.82) is 0 Å². The van der Waals surface area contributed by atoms with Crippen LogP contribution in [-0.2, 0) is 6.42 Å². The van der Waals surface area contributed by atoms with Crippen molar-refractivity contribution in [2.24, 2.45) is 0 Å². The second kappa shape index (κ2) is 8.85. The first-order valence-corrected chi connectivity index (χ1v) is 9.02. The van der Waals surface area contributed by atoms with Crippen LogP contribution in [-0.4, -0.2) is 46.3 Å². The van der Waals surface area contributed by atoms with Crippen molar-refractivity contribution >= 4 is 17.7 Å². The number of aliphatic hydroxyl groups excluding tert-OH is 1. The second-order valence-electron chi connectivity index (χ2n) is 5.89. The Kier molecular flexibility index (Phi) is 6.82. The van der Waals surface area contributed by atoms with Crippen LogP contribution < -0.4 is 0 Å². The third-order valence-electron chi connectivity index (χ3n) is 3.92. The molecule has 24 heavy (non-hydrogen) atoms. The van der Waals surface area contributed by atoms with Gasteiger partial charge in [0.25, 0.3) is 5.91 Å². The lowest BCUT2D eigenvalue weighted by Crippen LogP contribution is -2.36. The number of benzene rings is 1. The van der Waals surface area contributed by atoms with Gasteiger partial charge in [-0.05, 0) is 55.8 Å². The van der Waals surface area contributed by atoms with Crippen LogP contribution in [0.15, 0.2) is 47.5 Å². The maximum Gasteiger partial charge on any atom is 0.253 e. The number of carbonyl (C=O) groups is 1. The van der Waals surface area contributed by atoms with Crippen molar-refractivity contribution in [1.82, 2.24) is 9.88 Å². The first-order chi connectivity index (χ1) is 11.5. The summed E-state index contributed by atoms with van der Waals surface area (Å²) >= 11 is 1.58. The standard InChI is InChI=1S/C19H24N2O2S/c1-14-8-9-20-17(12-14)13-15(2)21(3)19(23)16-4-6-18(7-5-16)24-11-10-22/h4-9,12,15,22H,10-11,13H2,1-3H3. The number of rotatable bonds is 7. The first-order valence-electron chi connectivity index (χ1n) is 8.03. The number of nitrogens with zero attached hydrogens (tertiary/aromatic N) is 2. The van der Waals surface area contributed by atoms with Gasteiger partial charge < -0.3 is 10.0 Å². The first kappa shape index (κ1) is 18.5. The topological polar surface area (TPSA) is 53.4 Å². The molecule has 5 heteroatoms. The maximum absolute atomic E-state index is 12.6. The van der Waals surface area contributed by atoms with Gasteiger partial charge in [0.05, 0.1) is 6.61 Å². The lowest BCUT2D eigenvalue weighted by atomic mass is 10.1. The van der Waals surface area contributed by atoms with Crippen LogP contribution in [0.25, 0.3) is 0 Å². The van der Waals surface area contributed by atoms with Gasteiger partial charge >= 0.3 is 0 Å². The summed E-state index contributed by atoms with van der Waals surface area (Å²) in [5, 5.41) is 8.86. The zero-order valence-corrected chi connectivity index (χ0v) is 15.2. The Morgan fingerprint density at radius 2 is 2.00 bits per heavy atom. The van der Waals surface area contributed by atoms with Crippen LogP contribution in [0.1, 0.15) is 28.5 Å². The Morgan fingerprint density at radius 1 is 1.29 bits per heavy atom. The highest BCUT2D eigenvalue weighted by molar-refractivity contribution is 7.99. The molecule has 2 rings (SSSR count). The highest BCUT2D eigenvalue weighted by atomic mass is 32.2. The van der Waals surface area contributed by atoms with Crippen LogP contribution in [0.4, 0.5) is 0 Å². The third-order valence-corrected chi connectivity index (χ3v) is 4.91. The van der Waals surface area contributed by atoms with Crippen molar-refractivity contribution in [3.63, 3.8) is 0 Å². The van der Waals surface area contributed by atoms with E-state index in [1.807, 2.05) is 57.4 Å². The Morgan fingerprint density at radius 3 is 2.62 bits per heavy atom. The molecule has 2 aromatic rings.